The third-order valence-electron chi connectivity index (χ3n) is 2.07. The van der Waals surface area contributed by atoms with Crippen LogP contribution in [-0.4, -0.2) is 12.6 Å². The van der Waals surface area contributed by atoms with Crippen LogP contribution >= 0.6 is 0 Å². The monoisotopic (exact) mass is 234 g/mol. The van der Waals surface area contributed by atoms with Gasteiger partial charge in [0, 0.05) is 6.07 Å². The van der Waals surface area contributed by atoms with Crippen LogP contribution in [0.2, 0.25) is 0 Å². The van der Waals surface area contributed by atoms with E-state index in [2.05, 4.69) is 13.2 Å². The van der Waals surface area contributed by atoms with Gasteiger partial charge in [0.05, 0.1) is 6.61 Å². The summed E-state index contributed by atoms with van der Waals surface area (Å²) in [6, 6.07) is 1.23. The summed E-state index contributed by atoms with van der Waals surface area (Å²) < 4.78 is 9.89. The van der Waals surface area contributed by atoms with E-state index in [4.69, 9.17) is 9.15 Å². The Labute approximate surface area is 99.2 Å². The van der Waals surface area contributed by atoms with Crippen LogP contribution in [0.4, 0.5) is 0 Å². The van der Waals surface area contributed by atoms with Crippen LogP contribution < -0.4 is 5.43 Å². The van der Waals surface area contributed by atoms with Gasteiger partial charge in [0.2, 0.25) is 0 Å². The number of carbonyl (C=O) groups excluding carboxylic acids is 1. The van der Waals surface area contributed by atoms with Gasteiger partial charge in [-0.3, -0.25) is 4.79 Å². The van der Waals surface area contributed by atoms with Gasteiger partial charge in [0.1, 0.15) is 17.6 Å². The van der Waals surface area contributed by atoms with Gasteiger partial charge in [0.15, 0.2) is 5.43 Å². The van der Waals surface area contributed by atoms with E-state index >= 15 is 0 Å². The molecule has 4 nitrogen and oxygen atoms in total. The fraction of sp³-hybridized carbons (Fsp3) is 0.231. The number of hydrogen-bond donors (Lipinski definition) is 0. The van der Waals surface area contributed by atoms with E-state index in [1.165, 1.54) is 6.07 Å². The van der Waals surface area contributed by atoms with Crippen LogP contribution in [0.5, 0.6) is 0 Å². The number of allylic oxidation sites excluding steroid dienone is 2. The second-order valence-corrected chi connectivity index (χ2v) is 3.34. The Balaban J connectivity index is 3.02. The molecular weight excluding hydrogens is 220 g/mol. The minimum atomic E-state index is -0.679. The molecule has 1 aromatic heterocycles. The maximum atomic E-state index is 11.6. The summed E-state index contributed by atoms with van der Waals surface area (Å²) in [5.74, 6) is -0.329. The smallest absolute Gasteiger partial charge is 0.345 e. The molecule has 0 unspecified atom stereocenters. The van der Waals surface area contributed by atoms with Crippen molar-refractivity contribution >= 4 is 11.5 Å². The second kappa shape index (κ2) is 5.84. The maximum Gasteiger partial charge on any atom is 0.345 e. The number of rotatable bonds is 5. The highest BCUT2D eigenvalue weighted by Crippen LogP contribution is 2.15. The molecular formula is C13H14O4. The molecule has 0 fully saturated rings. The highest BCUT2D eigenvalue weighted by atomic mass is 16.5. The zero-order chi connectivity index (χ0) is 12.8. The molecule has 0 aliphatic rings. The van der Waals surface area contributed by atoms with E-state index in [-0.39, 0.29) is 12.2 Å². The fourth-order valence-electron chi connectivity index (χ4n) is 1.23. The molecule has 0 aromatic carbocycles. The third-order valence-corrected chi connectivity index (χ3v) is 2.07. The topological polar surface area (TPSA) is 56.5 Å². The minimum Gasteiger partial charge on any atom is -0.464 e. The molecule has 17 heavy (non-hydrogen) atoms. The van der Waals surface area contributed by atoms with Crippen molar-refractivity contribution in [3.8, 4) is 0 Å². The van der Waals surface area contributed by atoms with Crippen molar-refractivity contribution in [1.82, 2.24) is 0 Å². The van der Waals surface area contributed by atoms with E-state index in [1.54, 1.807) is 13.0 Å². The van der Waals surface area contributed by atoms with Crippen LogP contribution in [-0.2, 0) is 4.74 Å². The molecule has 0 radical (unpaired) electrons. The third kappa shape index (κ3) is 3.17. The molecule has 0 bridgehead atoms. The summed E-state index contributed by atoms with van der Waals surface area (Å²) in [6.07, 6.45) is 3.27. The van der Waals surface area contributed by atoms with Crippen molar-refractivity contribution in [3.05, 3.63) is 53.1 Å². The molecule has 0 spiro atoms. The number of esters is 1. The predicted molar refractivity (Wildman–Crippen MR) is 64.8 cm³/mol. The summed E-state index contributed by atoms with van der Waals surface area (Å²) in [5.41, 5.74) is 0.0874. The van der Waals surface area contributed by atoms with E-state index in [1.807, 2.05) is 0 Å². The zero-order valence-electron chi connectivity index (χ0n) is 9.69. The van der Waals surface area contributed by atoms with E-state index in [9.17, 15) is 9.59 Å². The SMILES string of the molecule is C=CCC(=C)c1cc(=O)c(C(=O)OCC)co1. The van der Waals surface area contributed by atoms with Crippen LogP contribution in [0.15, 0.2) is 40.8 Å². The second-order valence-electron chi connectivity index (χ2n) is 3.34. The maximum absolute atomic E-state index is 11.6. The highest BCUT2D eigenvalue weighted by Gasteiger charge is 2.13. The highest BCUT2D eigenvalue weighted by molar-refractivity contribution is 5.88. The van der Waals surface area contributed by atoms with Gasteiger partial charge < -0.3 is 9.15 Å². The van der Waals surface area contributed by atoms with Crippen molar-refractivity contribution in [1.29, 1.82) is 0 Å². The summed E-state index contributed by atoms with van der Waals surface area (Å²) in [7, 11) is 0. The first kappa shape index (κ1) is 13.0. The first-order valence-electron chi connectivity index (χ1n) is 5.19. The van der Waals surface area contributed by atoms with E-state index in [0.29, 0.717) is 17.8 Å². The zero-order valence-corrected chi connectivity index (χ0v) is 9.69. The first-order valence-corrected chi connectivity index (χ1v) is 5.19. The Morgan fingerprint density at radius 2 is 2.29 bits per heavy atom. The van der Waals surface area contributed by atoms with Gasteiger partial charge in [-0.2, -0.15) is 0 Å². The number of ether oxygens (including phenoxy) is 1. The molecule has 0 aliphatic carbocycles. The van der Waals surface area contributed by atoms with Crippen molar-refractivity contribution in [3.63, 3.8) is 0 Å². The first-order chi connectivity index (χ1) is 8.10. The Morgan fingerprint density at radius 3 is 2.82 bits per heavy atom. The Morgan fingerprint density at radius 1 is 1.59 bits per heavy atom. The molecule has 1 heterocycles. The van der Waals surface area contributed by atoms with Gasteiger partial charge in [-0.1, -0.05) is 12.7 Å². The molecule has 0 saturated carbocycles. The lowest BCUT2D eigenvalue weighted by molar-refractivity contribution is 0.0522. The quantitative estimate of drug-likeness (QED) is 0.580. The lowest BCUT2D eigenvalue weighted by atomic mass is 10.1. The molecule has 1 rings (SSSR count). The standard InChI is InChI=1S/C13H14O4/c1-4-6-9(3)12-7-11(14)10(8-17-12)13(15)16-5-2/h4,7-8H,1,3,5-6H2,2H3. The van der Waals surface area contributed by atoms with Gasteiger partial charge in [-0.05, 0) is 18.9 Å². The molecule has 90 valence electrons. The van der Waals surface area contributed by atoms with Crippen molar-refractivity contribution in [2.24, 2.45) is 0 Å². The average Bonchev–Trinajstić information content (AvgIpc) is 2.29. The lowest BCUT2D eigenvalue weighted by Crippen LogP contribution is -2.16. The summed E-state index contributed by atoms with van der Waals surface area (Å²) in [6.45, 7) is 9.19. The molecule has 0 N–H and O–H groups in total. The predicted octanol–water partition coefficient (Wildman–Crippen LogP) is 2.41. The largest absolute Gasteiger partial charge is 0.464 e. The molecule has 0 amide bonds. The summed E-state index contributed by atoms with van der Waals surface area (Å²) >= 11 is 0. The van der Waals surface area contributed by atoms with Crippen LogP contribution in [0.25, 0.3) is 5.57 Å². The fourth-order valence-corrected chi connectivity index (χ4v) is 1.23. The average molecular weight is 234 g/mol. The molecule has 4 heteroatoms. The minimum absolute atomic E-state index is 0.109. The Bertz CT molecular complexity index is 496. The number of hydrogen-bond acceptors (Lipinski definition) is 4. The van der Waals surface area contributed by atoms with Gasteiger partial charge in [0.25, 0.3) is 0 Å². The molecule has 0 saturated heterocycles. The summed E-state index contributed by atoms with van der Waals surface area (Å²) in [4.78, 5) is 23.0. The van der Waals surface area contributed by atoms with Gasteiger partial charge in [-0.15, -0.1) is 6.58 Å². The normalized spacial score (nSPS) is 9.71. The van der Waals surface area contributed by atoms with E-state index in [0.717, 1.165) is 6.26 Å². The lowest BCUT2D eigenvalue weighted by Gasteiger charge is -2.03. The molecule has 1 aromatic rings. The van der Waals surface area contributed by atoms with Crippen molar-refractivity contribution in [2.75, 3.05) is 6.61 Å². The van der Waals surface area contributed by atoms with Crippen LogP contribution in [0, 0.1) is 0 Å². The van der Waals surface area contributed by atoms with Crippen LogP contribution in [0.3, 0.4) is 0 Å². The summed E-state index contributed by atoms with van der Waals surface area (Å²) in [5, 5.41) is 0. The number of carbonyl (C=O) groups is 1. The van der Waals surface area contributed by atoms with Crippen molar-refractivity contribution < 1.29 is 13.9 Å². The van der Waals surface area contributed by atoms with Gasteiger partial charge >= 0.3 is 5.97 Å². The van der Waals surface area contributed by atoms with Crippen LogP contribution in [0.1, 0.15) is 29.5 Å². The van der Waals surface area contributed by atoms with Crippen molar-refractivity contribution in [2.45, 2.75) is 13.3 Å². The van der Waals surface area contributed by atoms with E-state index < -0.39 is 11.4 Å². The molecule has 0 atom stereocenters. The Hall–Kier alpha value is -2.10. The van der Waals surface area contributed by atoms with Gasteiger partial charge in [-0.25, -0.2) is 4.79 Å². The Kier molecular flexibility index (Phi) is 4.46. The molecule has 0 aliphatic heterocycles.